The lowest BCUT2D eigenvalue weighted by Gasteiger charge is -2.15. The standard InChI is InChI=1S/C8H15NO6S/c1-4-6(7(10)11)9-16(13,14)5(2)8(12)15-3/h5-6,9H,4H2,1-3H3,(H,10,11). The molecule has 2 N–H and O–H groups in total. The van der Waals surface area contributed by atoms with Crippen molar-refractivity contribution in [3.05, 3.63) is 0 Å². The molecule has 0 bridgehead atoms. The molecule has 0 radical (unpaired) electrons. The lowest BCUT2D eigenvalue weighted by atomic mass is 10.2. The maximum Gasteiger partial charge on any atom is 0.325 e. The molecule has 0 aromatic rings. The fourth-order valence-corrected chi connectivity index (χ4v) is 2.12. The van der Waals surface area contributed by atoms with Gasteiger partial charge in [-0.25, -0.2) is 13.1 Å². The van der Waals surface area contributed by atoms with Gasteiger partial charge in [-0.05, 0) is 13.3 Å². The predicted octanol–water partition coefficient (Wildman–Crippen LogP) is -0.669. The summed E-state index contributed by atoms with van der Waals surface area (Å²) in [5.74, 6) is -2.23. The van der Waals surface area contributed by atoms with Gasteiger partial charge in [0.2, 0.25) is 10.0 Å². The summed E-state index contributed by atoms with van der Waals surface area (Å²) < 4.78 is 29.3. The molecule has 2 atom stereocenters. The molecule has 0 saturated carbocycles. The topological polar surface area (TPSA) is 110 Å². The first-order valence-electron chi connectivity index (χ1n) is 4.58. The number of carboxylic acid groups (broad SMARTS) is 1. The molecule has 0 heterocycles. The number of nitrogens with one attached hydrogen (secondary N) is 1. The Morgan fingerprint density at radius 2 is 1.94 bits per heavy atom. The van der Waals surface area contributed by atoms with Crippen molar-refractivity contribution in [3.8, 4) is 0 Å². The van der Waals surface area contributed by atoms with Crippen molar-refractivity contribution in [1.29, 1.82) is 0 Å². The van der Waals surface area contributed by atoms with E-state index >= 15 is 0 Å². The number of hydrogen-bond donors (Lipinski definition) is 2. The molecular formula is C8H15NO6S. The second-order valence-corrected chi connectivity index (χ2v) is 5.16. The van der Waals surface area contributed by atoms with E-state index in [0.29, 0.717) is 0 Å². The summed E-state index contributed by atoms with van der Waals surface area (Å²) in [5, 5.41) is 7.23. The summed E-state index contributed by atoms with van der Waals surface area (Å²) in [7, 11) is -2.97. The number of sulfonamides is 1. The highest BCUT2D eigenvalue weighted by molar-refractivity contribution is 7.90. The monoisotopic (exact) mass is 253 g/mol. The average molecular weight is 253 g/mol. The molecule has 0 aliphatic carbocycles. The van der Waals surface area contributed by atoms with Gasteiger partial charge in [-0.15, -0.1) is 0 Å². The maximum absolute atomic E-state index is 11.5. The SMILES string of the molecule is CCC(NS(=O)(=O)C(C)C(=O)OC)C(=O)O. The van der Waals surface area contributed by atoms with Crippen LogP contribution in [0.1, 0.15) is 20.3 Å². The Hall–Kier alpha value is -1.15. The van der Waals surface area contributed by atoms with Crippen LogP contribution >= 0.6 is 0 Å². The normalized spacial score (nSPS) is 15.2. The Labute approximate surface area is 93.8 Å². The summed E-state index contributed by atoms with van der Waals surface area (Å²) in [6, 6.07) is -1.24. The van der Waals surface area contributed by atoms with Crippen LogP contribution in [0.4, 0.5) is 0 Å². The van der Waals surface area contributed by atoms with Gasteiger partial charge in [0.05, 0.1) is 7.11 Å². The molecule has 16 heavy (non-hydrogen) atoms. The lowest BCUT2D eigenvalue weighted by Crippen LogP contribution is -2.46. The molecule has 0 rings (SSSR count). The fourth-order valence-electron chi connectivity index (χ4n) is 0.901. The number of methoxy groups -OCH3 is 1. The van der Waals surface area contributed by atoms with Crippen LogP contribution in [-0.4, -0.2) is 43.9 Å². The fraction of sp³-hybridized carbons (Fsp3) is 0.750. The van der Waals surface area contributed by atoms with Crippen LogP contribution in [0.3, 0.4) is 0 Å². The van der Waals surface area contributed by atoms with E-state index in [4.69, 9.17) is 5.11 Å². The highest BCUT2D eigenvalue weighted by Crippen LogP contribution is 2.04. The largest absolute Gasteiger partial charge is 0.480 e. The Morgan fingerprint density at radius 3 is 2.25 bits per heavy atom. The second kappa shape index (κ2) is 5.80. The van der Waals surface area contributed by atoms with Gasteiger partial charge < -0.3 is 9.84 Å². The van der Waals surface area contributed by atoms with Gasteiger partial charge in [-0.1, -0.05) is 6.92 Å². The number of hydrogen-bond acceptors (Lipinski definition) is 5. The third kappa shape index (κ3) is 3.78. The zero-order chi connectivity index (χ0) is 12.9. The molecule has 0 fully saturated rings. The molecule has 8 heteroatoms. The van der Waals surface area contributed by atoms with Crippen molar-refractivity contribution in [1.82, 2.24) is 4.72 Å². The first-order valence-corrected chi connectivity index (χ1v) is 6.12. The molecule has 0 saturated heterocycles. The number of aliphatic carboxylic acids is 1. The van der Waals surface area contributed by atoms with Crippen LogP contribution in [0.15, 0.2) is 0 Å². The molecule has 0 aliphatic heterocycles. The molecule has 0 aliphatic rings. The summed E-state index contributed by atoms with van der Waals surface area (Å²) >= 11 is 0. The Balaban J connectivity index is 4.81. The number of carbonyl (C=O) groups excluding carboxylic acids is 1. The van der Waals surface area contributed by atoms with Crippen molar-refractivity contribution in [3.63, 3.8) is 0 Å². The molecule has 94 valence electrons. The minimum absolute atomic E-state index is 0.0858. The minimum Gasteiger partial charge on any atom is -0.480 e. The van der Waals surface area contributed by atoms with Crippen molar-refractivity contribution < 1.29 is 27.9 Å². The van der Waals surface area contributed by atoms with Crippen LogP contribution < -0.4 is 4.72 Å². The van der Waals surface area contributed by atoms with Gasteiger partial charge >= 0.3 is 11.9 Å². The molecule has 0 amide bonds. The highest BCUT2D eigenvalue weighted by atomic mass is 32.2. The van der Waals surface area contributed by atoms with E-state index in [2.05, 4.69) is 4.74 Å². The van der Waals surface area contributed by atoms with E-state index < -0.39 is 33.3 Å². The molecule has 7 nitrogen and oxygen atoms in total. The van der Waals surface area contributed by atoms with E-state index in [0.717, 1.165) is 14.0 Å². The average Bonchev–Trinajstić information content (AvgIpc) is 2.23. The molecule has 2 unspecified atom stereocenters. The van der Waals surface area contributed by atoms with E-state index in [-0.39, 0.29) is 6.42 Å². The Morgan fingerprint density at radius 1 is 1.44 bits per heavy atom. The van der Waals surface area contributed by atoms with Crippen LogP contribution in [-0.2, 0) is 24.3 Å². The maximum atomic E-state index is 11.5. The molecule has 0 aromatic carbocycles. The zero-order valence-electron chi connectivity index (χ0n) is 9.26. The van der Waals surface area contributed by atoms with Crippen LogP contribution in [0.2, 0.25) is 0 Å². The van der Waals surface area contributed by atoms with Gasteiger partial charge in [0.1, 0.15) is 6.04 Å². The van der Waals surface area contributed by atoms with Gasteiger partial charge in [-0.3, -0.25) is 9.59 Å². The summed E-state index contributed by atoms with van der Waals surface area (Å²) in [6.45, 7) is 2.65. The zero-order valence-corrected chi connectivity index (χ0v) is 10.1. The third-order valence-electron chi connectivity index (χ3n) is 2.01. The number of rotatable bonds is 6. The highest BCUT2D eigenvalue weighted by Gasteiger charge is 2.32. The minimum atomic E-state index is -4.03. The summed E-state index contributed by atoms with van der Waals surface area (Å²) in [6.07, 6.45) is 0.0858. The predicted molar refractivity (Wildman–Crippen MR) is 55.2 cm³/mol. The smallest absolute Gasteiger partial charge is 0.325 e. The summed E-state index contributed by atoms with van der Waals surface area (Å²) in [4.78, 5) is 21.6. The lowest BCUT2D eigenvalue weighted by molar-refractivity contribution is -0.140. The number of carbonyl (C=O) groups is 2. The first-order chi connectivity index (χ1) is 7.26. The van der Waals surface area contributed by atoms with E-state index in [1.165, 1.54) is 6.92 Å². The third-order valence-corrected chi connectivity index (χ3v) is 3.75. The van der Waals surface area contributed by atoms with Crippen molar-refractivity contribution >= 4 is 22.0 Å². The van der Waals surface area contributed by atoms with E-state index in [9.17, 15) is 18.0 Å². The van der Waals surface area contributed by atoms with Crippen molar-refractivity contribution in [2.75, 3.05) is 7.11 Å². The Kier molecular flexibility index (Phi) is 5.39. The van der Waals surface area contributed by atoms with Crippen molar-refractivity contribution in [2.45, 2.75) is 31.6 Å². The van der Waals surface area contributed by atoms with Crippen LogP contribution in [0.5, 0.6) is 0 Å². The van der Waals surface area contributed by atoms with Gasteiger partial charge in [0.15, 0.2) is 5.25 Å². The van der Waals surface area contributed by atoms with Crippen LogP contribution in [0, 0.1) is 0 Å². The van der Waals surface area contributed by atoms with Crippen molar-refractivity contribution in [2.24, 2.45) is 0 Å². The van der Waals surface area contributed by atoms with Crippen LogP contribution in [0.25, 0.3) is 0 Å². The molecule has 0 spiro atoms. The quantitative estimate of drug-likeness (QED) is 0.607. The Bertz CT molecular complexity index is 363. The number of carboxylic acids is 1. The second-order valence-electron chi connectivity index (χ2n) is 3.13. The van der Waals surface area contributed by atoms with E-state index in [1.54, 1.807) is 0 Å². The van der Waals surface area contributed by atoms with Gasteiger partial charge in [-0.2, -0.15) is 0 Å². The van der Waals surface area contributed by atoms with Gasteiger partial charge in [0, 0.05) is 0 Å². The molecule has 0 aromatic heterocycles. The molecular weight excluding hydrogens is 238 g/mol. The van der Waals surface area contributed by atoms with Gasteiger partial charge in [0.25, 0.3) is 0 Å². The summed E-state index contributed by atoms with van der Waals surface area (Å²) in [5.41, 5.74) is 0. The first kappa shape index (κ1) is 14.8. The number of esters is 1. The number of ether oxygens (including phenoxy) is 1. The van der Waals surface area contributed by atoms with E-state index in [1.807, 2.05) is 4.72 Å².